The van der Waals surface area contributed by atoms with Crippen molar-refractivity contribution in [2.24, 2.45) is 5.92 Å². The van der Waals surface area contributed by atoms with Gasteiger partial charge in [-0.05, 0) is 25.0 Å². The molecule has 1 aliphatic rings. The van der Waals surface area contributed by atoms with Crippen molar-refractivity contribution in [3.8, 4) is 11.5 Å². The molecule has 4 rings (SSSR count). The summed E-state index contributed by atoms with van der Waals surface area (Å²) in [6, 6.07) is 3.25. The van der Waals surface area contributed by atoms with Crippen molar-refractivity contribution in [2.45, 2.75) is 51.5 Å². The van der Waals surface area contributed by atoms with Gasteiger partial charge in [0.15, 0.2) is 0 Å². The Bertz CT molecular complexity index is 1220. The molecule has 3 aromatic rings. The predicted octanol–water partition coefficient (Wildman–Crippen LogP) is 2.93. The van der Waals surface area contributed by atoms with Gasteiger partial charge in [0, 0.05) is 36.8 Å². The van der Waals surface area contributed by atoms with Crippen LogP contribution in [0.1, 0.15) is 57.4 Å². The molecule has 11 heteroatoms. The topological polar surface area (TPSA) is 137 Å². The average molecular weight is 496 g/mol. The molecule has 0 radical (unpaired) electrons. The number of hydrogen-bond donors (Lipinski definition) is 1. The second-order valence-electron chi connectivity index (χ2n) is 9.32. The molecule has 1 atom stereocenters. The third-order valence-corrected chi connectivity index (χ3v) is 6.52. The number of carbonyl (C=O) groups is 3. The summed E-state index contributed by atoms with van der Waals surface area (Å²) in [5, 5.41) is 12.3. The molecule has 1 N–H and O–H groups in total. The number of hydroxylamine groups is 3. The van der Waals surface area contributed by atoms with Gasteiger partial charge in [-0.1, -0.05) is 19.8 Å². The Labute approximate surface area is 208 Å². The Morgan fingerprint density at radius 2 is 2.08 bits per heavy atom. The quantitative estimate of drug-likeness (QED) is 0.215. The van der Waals surface area contributed by atoms with Gasteiger partial charge in [-0.25, -0.2) is 4.79 Å². The maximum absolute atomic E-state index is 13.0. The molecule has 3 aromatic heterocycles. The number of pyridine rings is 2. The van der Waals surface area contributed by atoms with Crippen LogP contribution >= 0.6 is 0 Å². The van der Waals surface area contributed by atoms with Crippen molar-refractivity contribution in [3.05, 3.63) is 36.6 Å². The molecule has 190 valence electrons. The number of ketones is 1. The van der Waals surface area contributed by atoms with Crippen LogP contribution in [-0.2, 0) is 19.2 Å². The lowest BCUT2D eigenvalue weighted by molar-refractivity contribution is -1.11. The number of Topliss-reactive ketones (excluding diaryl/α,β-unsaturated/α-hetero) is 1. The molecule has 0 aromatic carbocycles. The van der Waals surface area contributed by atoms with Crippen LogP contribution in [0.3, 0.4) is 0 Å². The minimum atomic E-state index is -0.483. The number of hydrogen-bond acceptors (Lipinski definition) is 9. The van der Waals surface area contributed by atoms with E-state index in [2.05, 4.69) is 25.5 Å². The molecule has 36 heavy (non-hydrogen) atoms. The van der Waals surface area contributed by atoms with Crippen molar-refractivity contribution in [1.82, 2.24) is 25.5 Å². The highest BCUT2D eigenvalue weighted by atomic mass is 16.7. The van der Waals surface area contributed by atoms with Crippen LogP contribution in [-0.4, -0.2) is 63.1 Å². The van der Waals surface area contributed by atoms with Crippen molar-refractivity contribution in [1.29, 1.82) is 0 Å². The number of carbonyl (C=O) groups excluding carboxylic acids is 3. The molecule has 1 amide bonds. The first kappa shape index (κ1) is 25.4. The number of nitrogens with zero attached hydrogens (tertiary/aromatic N) is 5. The SMILES string of the molecule is CCC(=O)CCCCC[C@H](NC(=O)C1C[N+](C)(OC=O)C1)c1nnc(-c2cncc3cccnc23)o1. The van der Waals surface area contributed by atoms with Crippen molar-refractivity contribution in [3.63, 3.8) is 0 Å². The second-order valence-corrected chi connectivity index (χ2v) is 9.32. The van der Waals surface area contributed by atoms with E-state index in [4.69, 9.17) is 9.25 Å². The zero-order valence-electron chi connectivity index (χ0n) is 20.6. The predicted molar refractivity (Wildman–Crippen MR) is 129 cm³/mol. The number of rotatable bonds is 13. The molecule has 4 heterocycles. The van der Waals surface area contributed by atoms with Gasteiger partial charge in [-0.3, -0.25) is 24.4 Å². The van der Waals surface area contributed by atoms with Crippen LogP contribution < -0.4 is 5.32 Å². The number of amides is 1. The fraction of sp³-hybridized carbons (Fsp3) is 0.480. The van der Waals surface area contributed by atoms with Gasteiger partial charge in [-0.15, -0.1) is 14.8 Å². The largest absolute Gasteiger partial charge is 0.418 e. The summed E-state index contributed by atoms with van der Waals surface area (Å²) in [6.45, 7) is 3.07. The van der Waals surface area contributed by atoms with E-state index in [1.54, 1.807) is 25.6 Å². The number of quaternary nitrogens is 1. The van der Waals surface area contributed by atoms with Gasteiger partial charge < -0.3 is 9.73 Å². The van der Waals surface area contributed by atoms with Gasteiger partial charge in [0.05, 0.1) is 11.1 Å². The molecule has 1 fully saturated rings. The van der Waals surface area contributed by atoms with Gasteiger partial charge >= 0.3 is 6.47 Å². The summed E-state index contributed by atoms with van der Waals surface area (Å²) >= 11 is 0. The number of aromatic nitrogens is 4. The molecule has 1 aliphatic heterocycles. The monoisotopic (exact) mass is 495 g/mol. The first-order valence-corrected chi connectivity index (χ1v) is 12.2. The van der Waals surface area contributed by atoms with Crippen LogP contribution in [0.15, 0.2) is 35.1 Å². The highest BCUT2D eigenvalue weighted by Gasteiger charge is 2.48. The normalized spacial score (nSPS) is 19.9. The van der Waals surface area contributed by atoms with Gasteiger partial charge in [-0.2, -0.15) is 0 Å². The maximum atomic E-state index is 13.0. The molecule has 0 aliphatic carbocycles. The Hall–Kier alpha value is -3.73. The Morgan fingerprint density at radius 3 is 2.86 bits per heavy atom. The van der Waals surface area contributed by atoms with Crippen molar-refractivity contribution >= 4 is 29.1 Å². The number of nitrogens with one attached hydrogen (secondary N) is 1. The number of likely N-dealkylation sites (tertiary alicyclic amines) is 1. The molecule has 1 saturated heterocycles. The number of unbranched alkanes of at least 4 members (excludes halogenated alkanes) is 2. The first-order valence-electron chi connectivity index (χ1n) is 12.2. The second kappa shape index (κ2) is 11.3. The van der Waals surface area contributed by atoms with Crippen LogP contribution in [0.4, 0.5) is 0 Å². The molecular formula is C25H31N6O5+. The third-order valence-electron chi connectivity index (χ3n) is 6.52. The van der Waals surface area contributed by atoms with E-state index < -0.39 is 6.04 Å². The third kappa shape index (κ3) is 5.91. The van der Waals surface area contributed by atoms with Crippen LogP contribution in [0.5, 0.6) is 0 Å². The van der Waals surface area contributed by atoms with Gasteiger partial charge in [0.1, 0.15) is 37.9 Å². The minimum absolute atomic E-state index is 0.0729. The van der Waals surface area contributed by atoms with Crippen LogP contribution in [0, 0.1) is 5.92 Å². The van der Waals surface area contributed by atoms with Crippen LogP contribution in [0.25, 0.3) is 22.4 Å². The first-order chi connectivity index (χ1) is 17.4. The van der Waals surface area contributed by atoms with E-state index in [0.717, 1.165) is 24.6 Å². The lowest BCUT2D eigenvalue weighted by Crippen LogP contribution is -2.64. The highest BCUT2D eigenvalue weighted by molar-refractivity contribution is 5.90. The fourth-order valence-electron chi connectivity index (χ4n) is 4.45. The summed E-state index contributed by atoms with van der Waals surface area (Å²) in [5.41, 5.74) is 1.32. The Balaban J connectivity index is 1.47. The van der Waals surface area contributed by atoms with Crippen LogP contribution in [0.2, 0.25) is 0 Å². The summed E-state index contributed by atoms with van der Waals surface area (Å²) in [4.78, 5) is 48.9. The molecule has 11 nitrogen and oxygen atoms in total. The Kier molecular flexibility index (Phi) is 7.99. The highest BCUT2D eigenvalue weighted by Crippen LogP contribution is 2.29. The van der Waals surface area contributed by atoms with Crippen molar-refractivity contribution in [2.75, 3.05) is 20.1 Å². The van der Waals surface area contributed by atoms with E-state index in [0.29, 0.717) is 55.8 Å². The number of fused-ring (bicyclic) bond motifs is 1. The lowest BCUT2D eigenvalue weighted by Gasteiger charge is -2.41. The zero-order chi connectivity index (χ0) is 25.5. The lowest BCUT2D eigenvalue weighted by atomic mass is 9.98. The van der Waals surface area contributed by atoms with Gasteiger partial charge in [0.2, 0.25) is 11.8 Å². The smallest absolute Gasteiger partial charge is 0.355 e. The Morgan fingerprint density at radius 1 is 1.25 bits per heavy atom. The van der Waals surface area contributed by atoms with E-state index in [1.165, 1.54) is 0 Å². The van der Waals surface area contributed by atoms with E-state index in [-0.39, 0.29) is 28.1 Å². The fourth-order valence-corrected chi connectivity index (χ4v) is 4.45. The van der Waals surface area contributed by atoms with E-state index >= 15 is 0 Å². The minimum Gasteiger partial charge on any atom is -0.418 e. The molecule has 0 saturated carbocycles. The zero-order valence-corrected chi connectivity index (χ0v) is 20.6. The average Bonchev–Trinajstić information content (AvgIpc) is 3.35. The standard InChI is InChI=1S/C25H30N6O5/c1-3-19(33)9-5-4-6-10-21(28-23(34)18-14-31(2,15-18)35-16-32)25-30-29-24(36-25)20-13-26-12-17-8-7-11-27-22(17)20/h7-8,11-13,16,18,21H,3-6,9-10,14-15H2,1-2H3/p+1/t18?,21-,31?/m0/s1. The molecule has 0 unspecified atom stereocenters. The molecule has 0 spiro atoms. The van der Waals surface area contributed by atoms with Crippen molar-refractivity contribution < 1.29 is 28.3 Å². The summed E-state index contributed by atoms with van der Waals surface area (Å²) in [7, 11) is 1.75. The molecule has 0 bridgehead atoms. The van der Waals surface area contributed by atoms with E-state index in [1.807, 2.05) is 19.1 Å². The maximum Gasteiger partial charge on any atom is 0.355 e. The molecular weight excluding hydrogens is 464 g/mol. The van der Waals surface area contributed by atoms with E-state index in [9.17, 15) is 14.4 Å². The summed E-state index contributed by atoms with van der Waals surface area (Å²) in [6.07, 6.45) is 9.17. The van der Waals surface area contributed by atoms with Gasteiger partial charge in [0.25, 0.3) is 5.89 Å². The summed E-state index contributed by atoms with van der Waals surface area (Å²) < 4.78 is 6.09. The summed E-state index contributed by atoms with van der Waals surface area (Å²) in [5.74, 6) is 0.397.